The van der Waals surface area contributed by atoms with E-state index in [1.54, 1.807) is 0 Å². The van der Waals surface area contributed by atoms with Gasteiger partial charge in [-0.25, -0.2) is 14.8 Å². The SMILES string of the molecule is C.COC(=O)N[C@H](C(=O)N1CCC[C@H]1c1nc2ccc(/C=C/c3ccc(-c4cnc([C@@H]5CCCN5C(=O)[C@@H](C)C(C)C)[nH]4)cc3)cc2[nH]1)C(C)C.S.S.S.S. The van der Waals surface area contributed by atoms with Crippen LogP contribution in [0.4, 0.5) is 4.79 Å². The fraction of sp³-hybridized carbons (Fsp3) is 0.475. The Labute approximate surface area is 354 Å². The average molecular weight is 832 g/mol. The van der Waals surface area contributed by atoms with Gasteiger partial charge >= 0.3 is 6.09 Å². The largest absolute Gasteiger partial charge is 0.453 e. The minimum atomic E-state index is -0.673. The van der Waals surface area contributed by atoms with E-state index in [-0.39, 0.29) is 97.1 Å². The second kappa shape index (κ2) is 21.7. The Morgan fingerprint density at radius 1 is 0.800 bits per heavy atom. The molecule has 6 rings (SSSR count). The molecule has 2 aliphatic rings. The summed E-state index contributed by atoms with van der Waals surface area (Å²) < 4.78 is 4.76. The summed E-state index contributed by atoms with van der Waals surface area (Å²) in [4.78, 5) is 58.9. The molecule has 2 aromatic heterocycles. The molecule has 0 unspecified atom stereocenters. The highest BCUT2D eigenvalue weighted by Crippen LogP contribution is 2.35. The quantitative estimate of drug-likeness (QED) is 0.138. The van der Waals surface area contributed by atoms with Crippen LogP contribution in [0.5, 0.6) is 0 Å². The minimum Gasteiger partial charge on any atom is -0.453 e. The minimum absolute atomic E-state index is 0. The van der Waals surface area contributed by atoms with E-state index < -0.39 is 12.1 Å². The second-order valence-corrected chi connectivity index (χ2v) is 14.3. The maximum atomic E-state index is 13.5. The number of alkyl carbamates (subject to hydrolysis) is 1. The van der Waals surface area contributed by atoms with Crippen LogP contribution in [0, 0.1) is 17.8 Å². The van der Waals surface area contributed by atoms with E-state index >= 15 is 0 Å². The fourth-order valence-corrected chi connectivity index (χ4v) is 6.98. The monoisotopic (exact) mass is 831 g/mol. The molecular formula is C40H61N7O4S4. The lowest BCUT2D eigenvalue weighted by Gasteiger charge is -2.29. The van der Waals surface area contributed by atoms with Gasteiger partial charge in [0, 0.05) is 19.0 Å². The Morgan fingerprint density at radius 2 is 1.38 bits per heavy atom. The van der Waals surface area contributed by atoms with Crippen LogP contribution in [0.25, 0.3) is 34.4 Å². The Bertz CT molecular complexity index is 1880. The number of likely N-dealkylation sites (tertiary alicyclic amines) is 2. The van der Waals surface area contributed by atoms with Gasteiger partial charge in [-0.1, -0.05) is 84.5 Å². The van der Waals surface area contributed by atoms with Crippen LogP contribution in [-0.4, -0.2) is 73.9 Å². The standard InChI is InChI=1S/C39H49N7O4.CH4.4H2S/c1-23(2)25(5)37(47)45-19-7-9-32(45)35-40-22-31(43-35)28-16-13-26(14-17-28)11-12-27-15-18-29-30(21-27)42-36(41-29)33-10-8-20-46(33)38(48)34(24(3)4)44-39(49)50-6;;;;;/h11-18,21-25,32-34H,7-10,19-20H2,1-6H3,(H,40,43)(H,41,42)(H,44,49);1H4;4*1H2/b12-11+;;;;;/t25-,32-,33-,34-;;;;;/m0...../s1. The second-order valence-electron chi connectivity index (χ2n) is 14.3. The maximum Gasteiger partial charge on any atom is 0.407 e. The van der Waals surface area contributed by atoms with Gasteiger partial charge in [0.2, 0.25) is 11.8 Å². The van der Waals surface area contributed by atoms with E-state index in [0.29, 0.717) is 12.5 Å². The van der Waals surface area contributed by atoms with Gasteiger partial charge in [0.15, 0.2) is 0 Å². The van der Waals surface area contributed by atoms with Gasteiger partial charge in [0.1, 0.15) is 17.7 Å². The molecule has 2 aromatic carbocycles. The topological polar surface area (TPSA) is 136 Å². The van der Waals surface area contributed by atoms with E-state index in [1.807, 2.05) is 48.9 Å². The van der Waals surface area contributed by atoms with Crippen LogP contribution >= 0.6 is 54.0 Å². The number of hydrogen-bond acceptors (Lipinski definition) is 6. The Hall–Kier alpha value is -3.53. The Kier molecular flexibility index (Phi) is 19.5. The number of fused-ring (bicyclic) bond motifs is 1. The predicted molar refractivity (Wildman–Crippen MR) is 243 cm³/mol. The molecule has 55 heavy (non-hydrogen) atoms. The van der Waals surface area contributed by atoms with Crippen LogP contribution < -0.4 is 5.32 Å². The highest BCUT2D eigenvalue weighted by atomic mass is 32.1. The summed E-state index contributed by atoms with van der Waals surface area (Å²) in [5, 5.41) is 2.70. The first-order chi connectivity index (χ1) is 24.0. The number of nitrogens with one attached hydrogen (secondary N) is 3. The molecule has 2 fully saturated rings. The molecule has 0 aliphatic carbocycles. The molecular weight excluding hydrogens is 771 g/mol. The van der Waals surface area contributed by atoms with Crippen molar-refractivity contribution in [2.24, 2.45) is 17.8 Å². The number of carbonyl (C=O) groups excluding carboxylic acids is 3. The van der Waals surface area contributed by atoms with Crippen molar-refractivity contribution in [3.63, 3.8) is 0 Å². The third-order valence-corrected chi connectivity index (χ3v) is 10.3. The Balaban J connectivity index is 0.00000302. The Morgan fingerprint density at radius 3 is 1.98 bits per heavy atom. The number of methoxy groups -OCH3 is 1. The van der Waals surface area contributed by atoms with Crippen LogP contribution in [0.15, 0.2) is 48.7 Å². The van der Waals surface area contributed by atoms with E-state index in [2.05, 4.69) is 71.6 Å². The number of amides is 3. The van der Waals surface area contributed by atoms with Crippen LogP contribution in [0.2, 0.25) is 0 Å². The van der Waals surface area contributed by atoms with E-state index in [1.165, 1.54) is 7.11 Å². The molecule has 304 valence electrons. The van der Waals surface area contributed by atoms with Crippen molar-refractivity contribution in [2.45, 2.75) is 85.9 Å². The molecule has 3 amide bonds. The number of carbonyl (C=O) groups is 3. The lowest BCUT2D eigenvalue weighted by atomic mass is 9.96. The number of ether oxygens (including phenoxy) is 1. The molecule has 0 bridgehead atoms. The van der Waals surface area contributed by atoms with Crippen molar-refractivity contribution in [3.05, 3.63) is 71.4 Å². The summed E-state index contributed by atoms with van der Waals surface area (Å²) in [6, 6.07) is 13.6. The lowest BCUT2D eigenvalue weighted by Crippen LogP contribution is -2.51. The summed E-state index contributed by atoms with van der Waals surface area (Å²) in [5.74, 6) is 1.90. The van der Waals surface area contributed by atoms with E-state index in [9.17, 15) is 14.4 Å². The summed E-state index contributed by atoms with van der Waals surface area (Å²) >= 11 is 0. The normalized spacial score (nSPS) is 17.5. The third-order valence-electron chi connectivity index (χ3n) is 10.3. The predicted octanol–water partition coefficient (Wildman–Crippen LogP) is 8.21. The number of nitrogens with zero attached hydrogens (tertiary/aromatic N) is 4. The number of aromatic nitrogens is 4. The zero-order valence-electron chi connectivity index (χ0n) is 31.9. The first-order valence-corrected chi connectivity index (χ1v) is 17.8. The molecule has 4 atom stereocenters. The lowest BCUT2D eigenvalue weighted by molar-refractivity contribution is -0.137. The molecule has 0 spiro atoms. The third kappa shape index (κ3) is 11.1. The number of benzene rings is 2. The van der Waals surface area contributed by atoms with Crippen molar-refractivity contribution in [1.29, 1.82) is 0 Å². The van der Waals surface area contributed by atoms with Gasteiger partial charge in [0.25, 0.3) is 0 Å². The highest BCUT2D eigenvalue weighted by molar-refractivity contribution is 7.59. The molecule has 0 radical (unpaired) electrons. The number of imidazole rings is 2. The van der Waals surface area contributed by atoms with Crippen molar-refractivity contribution in [2.75, 3.05) is 20.2 Å². The van der Waals surface area contributed by atoms with E-state index in [4.69, 9.17) is 14.7 Å². The van der Waals surface area contributed by atoms with Gasteiger partial charge in [-0.3, -0.25) is 9.59 Å². The molecule has 2 aliphatic heterocycles. The molecule has 11 nitrogen and oxygen atoms in total. The van der Waals surface area contributed by atoms with Gasteiger partial charge in [-0.05, 0) is 66.3 Å². The van der Waals surface area contributed by atoms with Crippen molar-refractivity contribution in [1.82, 2.24) is 35.1 Å². The first-order valence-electron chi connectivity index (χ1n) is 17.8. The summed E-state index contributed by atoms with van der Waals surface area (Å²) in [6.07, 6.45) is 8.98. The molecule has 15 heteroatoms. The van der Waals surface area contributed by atoms with Gasteiger partial charge in [-0.2, -0.15) is 54.0 Å². The highest BCUT2D eigenvalue weighted by Gasteiger charge is 2.38. The fourth-order valence-electron chi connectivity index (χ4n) is 6.98. The number of rotatable bonds is 10. The molecule has 2 saturated heterocycles. The summed E-state index contributed by atoms with van der Waals surface area (Å²) in [5.41, 5.74) is 5.81. The summed E-state index contributed by atoms with van der Waals surface area (Å²) in [6.45, 7) is 11.4. The number of H-pyrrole nitrogens is 2. The van der Waals surface area contributed by atoms with Gasteiger partial charge in [-0.15, -0.1) is 0 Å². The smallest absolute Gasteiger partial charge is 0.407 e. The zero-order valence-corrected chi connectivity index (χ0v) is 35.9. The summed E-state index contributed by atoms with van der Waals surface area (Å²) in [7, 11) is 1.30. The molecule has 4 aromatic rings. The van der Waals surface area contributed by atoms with Crippen molar-refractivity contribution >= 4 is 95.1 Å². The number of hydrogen-bond donors (Lipinski definition) is 3. The van der Waals surface area contributed by atoms with Crippen LogP contribution in [0.1, 0.15) is 103 Å². The first kappa shape index (κ1) is 49.5. The van der Waals surface area contributed by atoms with E-state index in [0.717, 1.165) is 77.3 Å². The van der Waals surface area contributed by atoms with Crippen LogP contribution in [0.3, 0.4) is 0 Å². The maximum absolute atomic E-state index is 13.5. The van der Waals surface area contributed by atoms with Crippen LogP contribution in [-0.2, 0) is 14.3 Å². The molecule has 3 N–H and O–H groups in total. The van der Waals surface area contributed by atoms with Gasteiger partial charge in [0.05, 0.1) is 42.1 Å². The zero-order chi connectivity index (χ0) is 35.5. The number of aromatic amines is 2. The molecule has 4 heterocycles. The van der Waals surface area contributed by atoms with Crippen molar-refractivity contribution < 1.29 is 19.1 Å². The molecule has 0 saturated carbocycles. The van der Waals surface area contributed by atoms with Gasteiger partial charge < -0.3 is 29.8 Å². The average Bonchev–Trinajstić information content (AvgIpc) is 3.94. The van der Waals surface area contributed by atoms with Crippen molar-refractivity contribution in [3.8, 4) is 11.3 Å².